The summed E-state index contributed by atoms with van der Waals surface area (Å²) in [5, 5.41) is 7.99. The van der Waals surface area contributed by atoms with Gasteiger partial charge >= 0.3 is 0 Å². The van der Waals surface area contributed by atoms with Gasteiger partial charge in [-0.2, -0.15) is 4.98 Å². The van der Waals surface area contributed by atoms with Gasteiger partial charge in [-0.25, -0.2) is 22.9 Å². The molecule has 1 saturated heterocycles. The van der Waals surface area contributed by atoms with E-state index in [1.165, 1.54) is 18.2 Å². The first-order chi connectivity index (χ1) is 14.8. The summed E-state index contributed by atoms with van der Waals surface area (Å²) in [6.45, 7) is 0.726. The Morgan fingerprint density at radius 1 is 1.06 bits per heavy atom. The van der Waals surface area contributed by atoms with Crippen molar-refractivity contribution >= 4 is 39.1 Å². The lowest BCUT2D eigenvalue weighted by Crippen LogP contribution is -2.51. The predicted molar refractivity (Wildman–Crippen MR) is 114 cm³/mol. The number of primary sulfonamides is 1. The zero-order valence-corrected chi connectivity index (χ0v) is 17.1. The fourth-order valence-corrected chi connectivity index (χ4v) is 3.81. The second-order valence-electron chi connectivity index (χ2n) is 6.87. The van der Waals surface area contributed by atoms with Crippen molar-refractivity contribution in [1.82, 2.24) is 9.97 Å². The van der Waals surface area contributed by atoms with Crippen LogP contribution in [-0.4, -0.2) is 43.9 Å². The van der Waals surface area contributed by atoms with Gasteiger partial charge in [-0.1, -0.05) is 24.3 Å². The number of halogens is 1. The normalized spacial score (nSPS) is 14.6. The van der Waals surface area contributed by atoms with Gasteiger partial charge in [0.25, 0.3) is 0 Å². The largest absolute Gasteiger partial charge is 0.343 e. The zero-order valence-electron chi connectivity index (χ0n) is 16.3. The minimum Gasteiger partial charge on any atom is -0.343 e. The van der Waals surface area contributed by atoms with Crippen molar-refractivity contribution in [1.29, 1.82) is 0 Å². The van der Waals surface area contributed by atoms with Crippen molar-refractivity contribution < 1.29 is 17.6 Å². The van der Waals surface area contributed by atoms with E-state index in [2.05, 4.69) is 15.3 Å². The van der Waals surface area contributed by atoms with Gasteiger partial charge in [0.15, 0.2) is 11.6 Å². The molecule has 160 valence electrons. The first-order valence-electron chi connectivity index (χ1n) is 9.34. The van der Waals surface area contributed by atoms with Crippen molar-refractivity contribution in [3.8, 4) is 0 Å². The van der Waals surface area contributed by atoms with Gasteiger partial charge in [0.1, 0.15) is 0 Å². The number of benzene rings is 2. The number of aromatic nitrogens is 2. The summed E-state index contributed by atoms with van der Waals surface area (Å²) in [6, 6.07) is 15.0. The van der Waals surface area contributed by atoms with Gasteiger partial charge in [-0.15, -0.1) is 0 Å². The Morgan fingerprint density at radius 2 is 1.84 bits per heavy atom. The van der Waals surface area contributed by atoms with Crippen LogP contribution in [0.2, 0.25) is 0 Å². The van der Waals surface area contributed by atoms with Crippen LogP contribution in [0.4, 0.5) is 27.5 Å². The highest BCUT2D eigenvalue weighted by Gasteiger charge is 2.27. The van der Waals surface area contributed by atoms with E-state index >= 15 is 0 Å². The Balaban J connectivity index is 1.53. The molecule has 0 spiro atoms. The maximum atomic E-state index is 14.4. The van der Waals surface area contributed by atoms with Gasteiger partial charge < -0.3 is 15.1 Å². The number of piperazine rings is 1. The Bertz CT molecular complexity index is 1220. The molecule has 0 saturated carbocycles. The van der Waals surface area contributed by atoms with Crippen LogP contribution < -0.4 is 20.3 Å². The molecule has 3 aromatic rings. The number of carbonyl (C=O) groups is 1. The average molecular weight is 442 g/mol. The summed E-state index contributed by atoms with van der Waals surface area (Å²) in [7, 11) is -3.88. The van der Waals surface area contributed by atoms with Crippen LogP contribution in [0.25, 0.3) is 0 Å². The molecule has 1 aromatic heterocycles. The molecular weight excluding hydrogens is 423 g/mol. The monoisotopic (exact) mass is 442 g/mol. The molecule has 3 N–H and O–H groups in total. The molecule has 2 aromatic carbocycles. The van der Waals surface area contributed by atoms with Crippen LogP contribution in [0.1, 0.15) is 0 Å². The van der Waals surface area contributed by atoms with Crippen LogP contribution in [0.5, 0.6) is 0 Å². The summed E-state index contributed by atoms with van der Waals surface area (Å²) in [6.07, 6.45) is 1.00. The van der Waals surface area contributed by atoms with E-state index in [-0.39, 0.29) is 29.1 Å². The Morgan fingerprint density at radius 3 is 2.55 bits per heavy atom. The number of nitrogens with two attached hydrogens (primary N) is 1. The molecule has 2 heterocycles. The van der Waals surface area contributed by atoms with Crippen molar-refractivity contribution in [3.05, 3.63) is 66.6 Å². The van der Waals surface area contributed by atoms with Gasteiger partial charge in [0, 0.05) is 24.5 Å². The van der Waals surface area contributed by atoms with E-state index in [0.717, 1.165) is 11.9 Å². The third kappa shape index (κ3) is 4.62. The molecule has 1 amide bonds. The molecule has 31 heavy (non-hydrogen) atoms. The summed E-state index contributed by atoms with van der Waals surface area (Å²) in [5.41, 5.74) is 1.15. The lowest BCUT2D eigenvalue weighted by molar-refractivity contribution is -0.117. The standard InChI is InChI=1S/C20H19FN6O3S/c21-17-12-23-20(24-14-5-4-8-16(11-14)31(22,29)30)25-19(17)26-9-10-27(18(28)13-26)15-6-2-1-3-7-15/h1-8,11-12H,9-10,13H2,(H2,22,29,30)(H,23,24,25). The smallest absolute Gasteiger partial charge is 0.246 e. The minimum absolute atomic E-state index is 0.0128. The molecule has 0 unspecified atom stereocenters. The van der Waals surface area contributed by atoms with Gasteiger partial charge in [0.05, 0.1) is 17.6 Å². The molecular formula is C20H19FN6O3S. The summed E-state index contributed by atoms with van der Waals surface area (Å²) in [4.78, 5) is 23.8. The lowest BCUT2D eigenvalue weighted by Gasteiger charge is -2.35. The highest BCUT2D eigenvalue weighted by atomic mass is 32.2. The summed E-state index contributed by atoms with van der Waals surface area (Å²) < 4.78 is 37.5. The number of anilines is 4. The third-order valence-corrected chi connectivity index (χ3v) is 5.64. The maximum Gasteiger partial charge on any atom is 0.246 e. The number of nitrogens with zero attached hydrogens (tertiary/aromatic N) is 4. The highest BCUT2D eigenvalue weighted by molar-refractivity contribution is 7.89. The summed E-state index contributed by atoms with van der Waals surface area (Å²) >= 11 is 0. The Labute approximate surface area is 178 Å². The number of nitrogens with one attached hydrogen (secondary N) is 1. The molecule has 0 bridgehead atoms. The SMILES string of the molecule is NS(=O)(=O)c1cccc(Nc2ncc(F)c(N3CCN(c4ccccc4)C(=O)C3)n2)c1. The Hall–Kier alpha value is -3.57. The van der Waals surface area contributed by atoms with E-state index in [9.17, 15) is 17.6 Å². The van der Waals surface area contributed by atoms with E-state index in [1.807, 2.05) is 30.3 Å². The van der Waals surface area contributed by atoms with Crippen LogP contribution in [-0.2, 0) is 14.8 Å². The van der Waals surface area contributed by atoms with E-state index in [1.54, 1.807) is 15.9 Å². The fourth-order valence-electron chi connectivity index (χ4n) is 3.25. The minimum atomic E-state index is -3.88. The lowest BCUT2D eigenvalue weighted by atomic mass is 10.2. The van der Waals surface area contributed by atoms with Gasteiger partial charge in [-0.05, 0) is 30.3 Å². The zero-order chi connectivity index (χ0) is 22.0. The molecule has 1 fully saturated rings. The predicted octanol–water partition coefficient (Wildman–Crippen LogP) is 1.86. The average Bonchev–Trinajstić information content (AvgIpc) is 2.75. The van der Waals surface area contributed by atoms with Crippen molar-refractivity contribution in [2.45, 2.75) is 4.90 Å². The number of para-hydroxylation sites is 1. The van der Waals surface area contributed by atoms with E-state index in [0.29, 0.717) is 18.8 Å². The number of rotatable bonds is 5. The van der Waals surface area contributed by atoms with Crippen LogP contribution >= 0.6 is 0 Å². The maximum absolute atomic E-state index is 14.4. The van der Waals surface area contributed by atoms with Gasteiger partial charge in [-0.3, -0.25) is 4.79 Å². The topological polar surface area (TPSA) is 122 Å². The third-order valence-electron chi connectivity index (χ3n) is 4.73. The van der Waals surface area contributed by atoms with Crippen LogP contribution in [0, 0.1) is 5.82 Å². The van der Waals surface area contributed by atoms with Crippen molar-refractivity contribution in [2.75, 3.05) is 34.8 Å². The number of sulfonamides is 1. The molecule has 0 aliphatic carbocycles. The molecule has 1 aliphatic rings. The number of hydrogen-bond donors (Lipinski definition) is 2. The second-order valence-corrected chi connectivity index (χ2v) is 8.43. The molecule has 4 rings (SSSR count). The van der Waals surface area contributed by atoms with Gasteiger partial charge in [0.2, 0.25) is 21.9 Å². The van der Waals surface area contributed by atoms with Crippen LogP contribution in [0.15, 0.2) is 65.7 Å². The fraction of sp³-hybridized carbons (Fsp3) is 0.150. The molecule has 0 radical (unpaired) electrons. The number of amides is 1. The second kappa shape index (κ2) is 8.28. The molecule has 0 atom stereocenters. The molecule has 11 heteroatoms. The summed E-state index contributed by atoms with van der Waals surface area (Å²) in [5.74, 6) is -0.794. The molecule has 1 aliphatic heterocycles. The van der Waals surface area contributed by atoms with Crippen molar-refractivity contribution in [3.63, 3.8) is 0 Å². The Kier molecular flexibility index (Phi) is 5.53. The quantitative estimate of drug-likeness (QED) is 0.618. The van der Waals surface area contributed by atoms with Crippen LogP contribution in [0.3, 0.4) is 0 Å². The molecule has 9 nitrogen and oxygen atoms in total. The number of carbonyl (C=O) groups excluding carboxylic acids is 1. The first kappa shape index (κ1) is 20.7. The highest BCUT2D eigenvalue weighted by Crippen LogP contribution is 2.24. The van der Waals surface area contributed by atoms with E-state index < -0.39 is 15.8 Å². The van der Waals surface area contributed by atoms with Crippen molar-refractivity contribution in [2.24, 2.45) is 5.14 Å². The number of hydrogen-bond acceptors (Lipinski definition) is 7. The van der Waals surface area contributed by atoms with E-state index in [4.69, 9.17) is 5.14 Å². The first-order valence-corrected chi connectivity index (χ1v) is 10.9.